The zero-order valence-corrected chi connectivity index (χ0v) is 14.3. The number of hydrogen-bond acceptors (Lipinski definition) is 5. The Morgan fingerprint density at radius 3 is 2.60 bits per heavy atom. The minimum absolute atomic E-state index is 0.0327. The Morgan fingerprint density at radius 2 is 1.96 bits per heavy atom. The van der Waals surface area contributed by atoms with Crippen LogP contribution in [0.3, 0.4) is 0 Å². The van der Waals surface area contributed by atoms with Crippen molar-refractivity contribution in [2.75, 3.05) is 17.7 Å². The lowest BCUT2D eigenvalue weighted by Gasteiger charge is -2.15. The molecule has 0 radical (unpaired) electrons. The van der Waals surface area contributed by atoms with Crippen LogP contribution >= 0.6 is 0 Å². The van der Waals surface area contributed by atoms with Crippen molar-refractivity contribution in [3.8, 4) is 5.75 Å². The largest absolute Gasteiger partial charge is 0.497 e. The normalized spacial score (nSPS) is 12.6. The Morgan fingerprint density at radius 1 is 1.20 bits per heavy atom. The van der Waals surface area contributed by atoms with Gasteiger partial charge in [-0.2, -0.15) is 18.2 Å². The molecule has 0 amide bonds. The summed E-state index contributed by atoms with van der Waals surface area (Å²) in [7, 11) is 1.55. The Kier molecular flexibility index (Phi) is 6.06. The second-order valence-electron chi connectivity index (χ2n) is 5.62. The van der Waals surface area contributed by atoms with Crippen molar-refractivity contribution in [2.45, 2.75) is 39.0 Å². The third kappa shape index (κ3) is 5.51. The lowest BCUT2D eigenvalue weighted by molar-refractivity contribution is -0.141. The maximum Gasteiger partial charge on any atom is 0.433 e. The molecule has 1 atom stereocenters. The molecule has 25 heavy (non-hydrogen) atoms. The number of nitrogens with zero attached hydrogens (tertiary/aromatic N) is 2. The van der Waals surface area contributed by atoms with Crippen LogP contribution in [0, 0.1) is 0 Å². The third-order valence-corrected chi connectivity index (χ3v) is 3.61. The lowest BCUT2D eigenvalue weighted by atomic mass is 10.2. The van der Waals surface area contributed by atoms with Gasteiger partial charge in [-0.15, -0.1) is 0 Å². The van der Waals surface area contributed by atoms with Crippen LogP contribution in [0.25, 0.3) is 0 Å². The molecule has 0 aliphatic heterocycles. The molecule has 2 rings (SSSR count). The second-order valence-corrected chi connectivity index (χ2v) is 5.62. The predicted octanol–water partition coefficient (Wildman–Crippen LogP) is 4.33. The van der Waals surface area contributed by atoms with Crippen LogP contribution in [-0.2, 0) is 12.7 Å². The fourth-order valence-electron chi connectivity index (χ4n) is 2.05. The van der Waals surface area contributed by atoms with E-state index < -0.39 is 11.9 Å². The van der Waals surface area contributed by atoms with Gasteiger partial charge in [0.05, 0.1) is 7.11 Å². The van der Waals surface area contributed by atoms with Gasteiger partial charge in [0.25, 0.3) is 0 Å². The summed E-state index contributed by atoms with van der Waals surface area (Å²) in [5.74, 6) is 0.741. The van der Waals surface area contributed by atoms with E-state index in [1.807, 2.05) is 26.0 Å². The fraction of sp³-hybridized carbons (Fsp3) is 0.412. The van der Waals surface area contributed by atoms with Crippen LogP contribution in [0.15, 0.2) is 30.3 Å². The van der Waals surface area contributed by atoms with E-state index >= 15 is 0 Å². The summed E-state index contributed by atoms with van der Waals surface area (Å²) in [5.41, 5.74) is -0.121. The molecule has 0 aliphatic carbocycles. The van der Waals surface area contributed by atoms with Gasteiger partial charge in [0.2, 0.25) is 5.95 Å². The maximum atomic E-state index is 13.1. The van der Waals surface area contributed by atoms with Crippen molar-refractivity contribution < 1.29 is 17.9 Å². The van der Waals surface area contributed by atoms with Gasteiger partial charge >= 0.3 is 6.18 Å². The summed E-state index contributed by atoms with van der Waals surface area (Å²) in [6, 6.07) is 8.13. The van der Waals surface area contributed by atoms with Crippen molar-refractivity contribution in [1.82, 2.24) is 9.97 Å². The Bertz CT molecular complexity index is 707. The first kappa shape index (κ1) is 18.8. The molecule has 0 bridgehead atoms. The molecule has 8 heteroatoms. The van der Waals surface area contributed by atoms with Crippen LogP contribution < -0.4 is 15.4 Å². The molecule has 5 nitrogen and oxygen atoms in total. The molecule has 1 aromatic heterocycles. The summed E-state index contributed by atoms with van der Waals surface area (Å²) in [4.78, 5) is 7.70. The summed E-state index contributed by atoms with van der Waals surface area (Å²) in [6.07, 6.45) is -3.80. The highest BCUT2D eigenvalue weighted by atomic mass is 19.4. The van der Waals surface area contributed by atoms with Crippen LogP contribution in [0.2, 0.25) is 0 Å². The highest BCUT2D eigenvalue weighted by molar-refractivity contribution is 5.44. The van der Waals surface area contributed by atoms with Gasteiger partial charge in [-0.05, 0) is 31.0 Å². The van der Waals surface area contributed by atoms with E-state index in [0.29, 0.717) is 12.3 Å². The van der Waals surface area contributed by atoms with Crippen LogP contribution in [0.1, 0.15) is 31.5 Å². The van der Waals surface area contributed by atoms with Crippen molar-refractivity contribution in [1.29, 1.82) is 0 Å². The molecule has 1 heterocycles. The summed E-state index contributed by atoms with van der Waals surface area (Å²) >= 11 is 0. The van der Waals surface area contributed by atoms with E-state index in [-0.39, 0.29) is 17.8 Å². The van der Waals surface area contributed by atoms with Crippen LogP contribution in [0.5, 0.6) is 5.75 Å². The highest BCUT2D eigenvalue weighted by Crippen LogP contribution is 2.30. The zero-order valence-electron chi connectivity index (χ0n) is 14.3. The van der Waals surface area contributed by atoms with Crippen molar-refractivity contribution >= 4 is 11.8 Å². The molecule has 0 unspecified atom stereocenters. The van der Waals surface area contributed by atoms with Crippen molar-refractivity contribution in [3.63, 3.8) is 0 Å². The maximum absolute atomic E-state index is 13.1. The lowest BCUT2D eigenvalue weighted by Crippen LogP contribution is -2.19. The SMILES string of the molecule is CC[C@H](C)Nc1nc(NCc2cccc(OC)c2)cc(C(F)(F)F)n1. The molecule has 1 aromatic carbocycles. The van der Waals surface area contributed by atoms with Crippen molar-refractivity contribution in [2.24, 2.45) is 0 Å². The monoisotopic (exact) mass is 354 g/mol. The van der Waals surface area contributed by atoms with Gasteiger partial charge in [0, 0.05) is 18.7 Å². The average Bonchev–Trinajstić information content (AvgIpc) is 2.59. The first-order valence-corrected chi connectivity index (χ1v) is 7.91. The number of hydrogen-bond donors (Lipinski definition) is 2. The van der Waals surface area contributed by atoms with E-state index in [1.54, 1.807) is 19.2 Å². The van der Waals surface area contributed by atoms with E-state index in [2.05, 4.69) is 20.6 Å². The minimum atomic E-state index is -4.54. The Balaban J connectivity index is 2.21. The fourth-order valence-corrected chi connectivity index (χ4v) is 2.05. The molecule has 2 N–H and O–H groups in total. The molecule has 0 fully saturated rings. The standard InChI is InChI=1S/C17H21F3N4O/c1-4-11(2)22-16-23-14(17(18,19)20)9-15(24-16)21-10-12-6-5-7-13(8-12)25-3/h5-9,11H,4,10H2,1-3H3,(H2,21,22,23,24)/t11-/m0/s1. The molecule has 2 aromatic rings. The van der Waals surface area contributed by atoms with Crippen LogP contribution in [0.4, 0.5) is 24.9 Å². The summed E-state index contributed by atoms with van der Waals surface area (Å²) in [6.45, 7) is 4.09. The number of alkyl halides is 3. The van der Waals surface area contributed by atoms with Gasteiger partial charge in [-0.1, -0.05) is 19.1 Å². The van der Waals surface area contributed by atoms with Crippen LogP contribution in [-0.4, -0.2) is 23.1 Å². The Hall–Kier alpha value is -2.51. The molecule has 136 valence electrons. The molecule has 0 aliphatic rings. The summed E-state index contributed by atoms with van der Waals surface area (Å²) in [5, 5.41) is 5.79. The van der Waals surface area contributed by atoms with E-state index in [0.717, 1.165) is 18.1 Å². The van der Waals surface area contributed by atoms with E-state index in [1.165, 1.54) is 0 Å². The topological polar surface area (TPSA) is 59.1 Å². The number of nitrogens with one attached hydrogen (secondary N) is 2. The highest BCUT2D eigenvalue weighted by Gasteiger charge is 2.33. The zero-order chi connectivity index (χ0) is 18.4. The molecular formula is C17H21F3N4O. The number of methoxy groups -OCH3 is 1. The third-order valence-electron chi connectivity index (χ3n) is 3.61. The van der Waals surface area contributed by atoms with Gasteiger partial charge in [0.1, 0.15) is 11.6 Å². The summed E-state index contributed by atoms with van der Waals surface area (Å²) < 4.78 is 44.3. The molecule has 0 saturated heterocycles. The molecule has 0 saturated carbocycles. The van der Waals surface area contributed by atoms with Gasteiger partial charge in [-0.25, -0.2) is 4.98 Å². The number of halogens is 3. The van der Waals surface area contributed by atoms with Gasteiger partial charge in [-0.3, -0.25) is 0 Å². The second kappa shape index (κ2) is 8.04. The molecular weight excluding hydrogens is 333 g/mol. The number of benzene rings is 1. The molecule has 0 spiro atoms. The number of ether oxygens (including phenoxy) is 1. The number of anilines is 2. The van der Waals surface area contributed by atoms with Gasteiger partial charge in [0.15, 0.2) is 5.69 Å². The predicted molar refractivity (Wildman–Crippen MR) is 90.7 cm³/mol. The quantitative estimate of drug-likeness (QED) is 0.775. The number of rotatable bonds is 7. The van der Waals surface area contributed by atoms with E-state index in [9.17, 15) is 13.2 Å². The smallest absolute Gasteiger partial charge is 0.433 e. The number of aromatic nitrogens is 2. The first-order valence-electron chi connectivity index (χ1n) is 7.91. The van der Waals surface area contributed by atoms with Crippen molar-refractivity contribution in [3.05, 3.63) is 41.6 Å². The average molecular weight is 354 g/mol. The van der Waals surface area contributed by atoms with E-state index in [4.69, 9.17) is 4.74 Å². The first-order chi connectivity index (χ1) is 11.8. The van der Waals surface area contributed by atoms with Gasteiger partial charge < -0.3 is 15.4 Å². The Labute approximate surface area is 144 Å². The minimum Gasteiger partial charge on any atom is -0.497 e.